The number of nitrogens with zero attached hydrogens (tertiary/aromatic N) is 2. The molecule has 2 aromatic heterocycles. The molecular weight excluding hydrogens is 1070 g/mol. The van der Waals surface area contributed by atoms with Crippen molar-refractivity contribution in [1.82, 2.24) is 9.13 Å². The van der Waals surface area contributed by atoms with Gasteiger partial charge < -0.3 is 0 Å². The minimum absolute atomic E-state index is 0.0191. The molecule has 0 saturated carbocycles. The topological polar surface area (TPSA) is 68.8 Å². The van der Waals surface area contributed by atoms with E-state index in [0.29, 0.717) is 56.0 Å². The molecule has 0 spiro atoms. The van der Waals surface area contributed by atoms with Gasteiger partial charge in [-0.1, -0.05) is 83.1 Å². The molecule has 2 heterocycles. The standard InChI is InChI=1S/C72H80F2GeN2O4/c1-17-75(18-2,41-80-65-29-23-49(73)39-55(65)57-31-43(3)33-63(67(57)78)76-59-25-19-45(69(5,6)7)35-51(59)52-36-46(70(8,9)10)20-26-60(52)76)42-81-66-30-24-50(74)40-56(66)58-32-44(4)34-64(68(58)79)77-61-27-21-47(71(11,12)13)37-53(61)54-38-48(72(14,15)16)22-28-62(54)77/h19-40,78-79H,17-18,41-42H2,1-16H3. The number of aromatic hydroxyl groups is 2. The molecule has 0 aliphatic rings. The van der Waals surface area contributed by atoms with Crippen molar-refractivity contribution >= 4 is 56.9 Å². The van der Waals surface area contributed by atoms with Gasteiger partial charge in [-0.2, -0.15) is 0 Å². The van der Waals surface area contributed by atoms with Crippen LogP contribution >= 0.6 is 0 Å². The second-order valence-corrected chi connectivity index (χ2v) is 37.5. The predicted molar refractivity (Wildman–Crippen MR) is 338 cm³/mol. The average molecular weight is 1150 g/mol. The van der Waals surface area contributed by atoms with Gasteiger partial charge in [0.2, 0.25) is 0 Å². The van der Waals surface area contributed by atoms with Crippen LogP contribution in [-0.4, -0.2) is 43.5 Å². The van der Waals surface area contributed by atoms with E-state index in [4.69, 9.17) is 9.47 Å². The zero-order valence-electron chi connectivity index (χ0n) is 50.4. The number of hydrogen-bond donors (Lipinski definition) is 2. The number of ether oxygens (including phenoxy) is 2. The first-order valence-corrected chi connectivity index (χ1v) is 34.7. The van der Waals surface area contributed by atoms with E-state index in [0.717, 1.165) is 65.2 Å². The number of aryl methyl sites for hydroxylation is 2. The predicted octanol–water partition coefficient (Wildman–Crippen LogP) is 19.7. The second kappa shape index (κ2) is 20.7. The first kappa shape index (κ1) is 57.2. The van der Waals surface area contributed by atoms with Crippen LogP contribution in [0.3, 0.4) is 0 Å². The van der Waals surface area contributed by atoms with Crippen molar-refractivity contribution in [3.05, 3.63) is 178 Å². The van der Waals surface area contributed by atoms with Crippen molar-refractivity contribution in [2.45, 2.75) is 143 Å². The van der Waals surface area contributed by atoms with Crippen LogP contribution in [0.5, 0.6) is 23.0 Å². The molecule has 0 aliphatic heterocycles. The first-order chi connectivity index (χ1) is 38.0. The number of phenolic OH excluding ortho intramolecular Hbond substituents is 2. The number of fused-ring (bicyclic) bond motifs is 6. The number of halogens is 2. The van der Waals surface area contributed by atoms with E-state index < -0.39 is 24.9 Å². The molecule has 6 nitrogen and oxygen atoms in total. The fraction of sp³-hybridized carbons (Fsp3) is 0.333. The molecule has 0 fully saturated rings. The summed E-state index contributed by atoms with van der Waals surface area (Å²) in [4.78, 5) is 0. The van der Waals surface area contributed by atoms with E-state index in [2.05, 4.69) is 179 Å². The van der Waals surface area contributed by atoms with Crippen LogP contribution in [0.25, 0.3) is 77.2 Å². The van der Waals surface area contributed by atoms with Crippen LogP contribution in [0.4, 0.5) is 8.78 Å². The van der Waals surface area contributed by atoms with Gasteiger partial charge in [-0.25, -0.2) is 0 Å². The van der Waals surface area contributed by atoms with Gasteiger partial charge in [0.1, 0.15) is 0 Å². The van der Waals surface area contributed by atoms with E-state index in [1.54, 1.807) is 12.1 Å². The summed E-state index contributed by atoms with van der Waals surface area (Å²) in [7, 11) is 0. The van der Waals surface area contributed by atoms with Gasteiger partial charge in [-0.15, -0.1) is 0 Å². The third-order valence-corrected chi connectivity index (χ3v) is 26.4. The SMILES string of the molecule is C[CH2][Ge]([CH2]C)([CH2]Oc1ccc(F)cc1-c1cc(C)cc(-n2c3ccc(C(C)(C)C)cc3c3cc(C(C)(C)C)ccc32)c1O)[CH2]Oc1ccc(F)cc1-c1cc(C)cc(-n2c3ccc(C(C)(C)C)cc3c3cc(C(C)(C)C)ccc32)c1O. The number of phenols is 2. The molecule has 0 saturated heterocycles. The summed E-state index contributed by atoms with van der Waals surface area (Å²) in [6.07, 6.45) is 0. The minimum atomic E-state index is -3.18. The fourth-order valence-electron chi connectivity index (χ4n) is 11.5. The van der Waals surface area contributed by atoms with Gasteiger partial charge >= 0.3 is 379 Å². The van der Waals surface area contributed by atoms with E-state index in [1.165, 1.54) is 46.5 Å². The summed E-state index contributed by atoms with van der Waals surface area (Å²) in [5, 5.41) is 31.3. The Bertz CT molecular complexity index is 3690. The Balaban J connectivity index is 1.00. The second-order valence-electron chi connectivity index (χ2n) is 27.0. The summed E-state index contributed by atoms with van der Waals surface area (Å²) in [6, 6.07) is 43.3. The van der Waals surface area contributed by atoms with Crippen LogP contribution in [0.2, 0.25) is 10.5 Å². The Hall–Kier alpha value is -7.04. The third-order valence-electron chi connectivity index (χ3n) is 17.0. The number of hydrogen-bond acceptors (Lipinski definition) is 4. The van der Waals surface area contributed by atoms with Gasteiger partial charge in [-0.3, -0.25) is 0 Å². The molecule has 0 atom stereocenters. The number of aromatic nitrogens is 2. The van der Waals surface area contributed by atoms with Crippen molar-refractivity contribution in [2.24, 2.45) is 0 Å². The van der Waals surface area contributed by atoms with Crippen LogP contribution in [0, 0.1) is 25.5 Å². The normalized spacial score (nSPS) is 12.9. The van der Waals surface area contributed by atoms with Crippen molar-refractivity contribution in [3.8, 4) is 56.6 Å². The molecule has 10 rings (SSSR count). The van der Waals surface area contributed by atoms with Gasteiger partial charge in [0.25, 0.3) is 0 Å². The van der Waals surface area contributed by atoms with Crippen LogP contribution in [0.1, 0.15) is 130 Å². The summed E-state index contributed by atoms with van der Waals surface area (Å²) in [5.74, 6) is 0.0625. The Labute approximate surface area is 480 Å². The summed E-state index contributed by atoms with van der Waals surface area (Å²) >= 11 is -3.18. The third kappa shape index (κ3) is 10.7. The molecular formula is C72H80F2GeN2O4. The van der Waals surface area contributed by atoms with Crippen molar-refractivity contribution < 1.29 is 28.5 Å². The molecule has 81 heavy (non-hydrogen) atoms. The molecule has 9 heteroatoms. The van der Waals surface area contributed by atoms with Crippen molar-refractivity contribution in [3.63, 3.8) is 0 Å². The Morgan fingerprint density at radius 3 is 0.963 bits per heavy atom. The molecule has 8 aromatic carbocycles. The maximum absolute atomic E-state index is 15.7. The Morgan fingerprint density at radius 1 is 0.395 bits per heavy atom. The molecule has 420 valence electrons. The molecule has 0 unspecified atom stereocenters. The monoisotopic (exact) mass is 1150 g/mol. The molecule has 0 radical (unpaired) electrons. The van der Waals surface area contributed by atoms with Gasteiger partial charge in [0.15, 0.2) is 0 Å². The van der Waals surface area contributed by atoms with E-state index in [-0.39, 0.29) is 33.2 Å². The zero-order chi connectivity index (χ0) is 58.5. The van der Waals surface area contributed by atoms with Gasteiger partial charge in [0.05, 0.1) is 0 Å². The molecule has 0 bridgehead atoms. The van der Waals surface area contributed by atoms with Gasteiger partial charge in [-0.05, 0) is 21.7 Å². The average Bonchev–Trinajstić information content (AvgIpc) is 4.16. The van der Waals surface area contributed by atoms with Crippen LogP contribution < -0.4 is 9.47 Å². The quantitative estimate of drug-likeness (QED) is 0.120. The summed E-state index contributed by atoms with van der Waals surface area (Å²) in [5.41, 5.74) is 14.0. The van der Waals surface area contributed by atoms with Crippen molar-refractivity contribution in [1.29, 1.82) is 0 Å². The molecule has 10 aromatic rings. The Morgan fingerprint density at radius 2 is 0.691 bits per heavy atom. The maximum atomic E-state index is 15.7. The molecule has 0 amide bonds. The number of benzene rings is 8. The van der Waals surface area contributed by atoms with Crippen LogP contribution in [0.15, 0.2) is 133 Å². The van der Waals surface area contributed by atoms with E-state index in [9.17, 15) is 10.2 Å². The van der Waals surface area contributed by atoms with Gasteiger partial charge in [0, 0.05) is 0 Å². The first-order valence-electron chi connectivity index (χ1n) is 28.7. The number of rotatable bonds is 12. The zero-order valence-corrected chi connectivity index (χ0v) is 52.5. The van der Waals surface area contributed by atoms with Crippen molar-refractivity contribution in [2.75, 3.05) is 10.9 Å². The fourth-order valence-corrected chi connectivity index (χ4v) is 16.4. The molecule has 0 aliphatic carbocycles. The summed E-state index contributed by atoms with van der Waals surface area (Å²) < 4.78 is 49.4. The Kier molecular flexibility index (Phi) is 14.7. The van der Waals surface area contributed by atoms with E-state index in [1.807, 2.05) is 38.1 Å². The van der Waals surface area contributed by atoms with Crippen LogP contribution in [-0.2, 0) is 21.7 Å². The van der Waals surface area contributed by atoms with E-state index >= 15 is 8.78 Å². The summed E-state index contributed by atoms with van der Waals surface area (Å²) in [6.45, 7) is 35.0. The molecule has 2 N–H and O–H groups in total.